The first-order valence-corrected chi connectivity index (χ1v) is 9.80. The first kappa shape index (κ1) is 23.2. The number of hydrogen-bond donors (Lipinski definition) is 2. The molecule has 30 heavy (non-hydrogen) atoms. The molecule has 0 saturated carbocycles. The Kier molecular flexibility index (Phi) is 8.24. The minimum Gasteiger partial charge on any atom is -0.489 e. The average molecular weight is 415 g/mol. The van der Waals surface area contributed by atoms with E-state index in [0.717, 1.165) is 5.56 Å². The number of alkyl carbamates (subject to hydrolysis) is 1. The van der Waals surface area contributed by atoms with Crippen molar-refractivity contribution in [2.75, 3.05) is 6.61 Å². The molecule has 2 atom stereocenters. The molecule has 0 heterocycles. The van der Waals surface area contributed by atoms with E-state index in [1.165, 1.54) is 0 Å². The molecular formula is C23H29NO6. The topological polar surface area (TPSA) is 94.1 Å². The van der Waals surface area contributed by atoms with Crippen LogP contribution in [0.1, 0.15) is 44.9 Å². The predicted octanol–water partition coefficient (Wildman–Crippen LogP) is 3.76. The Bertz CT molecular complexity index is 814. The fourth-order valence-electron chi connectivity index (χ4n) is 2.66. The quantitative estimate of drug-likeness (QED) is 0.638. The van der Waals surface area contributed by atoms with Crippen molar-refractivity contribution in [1.29, 1.82) is 0 Å². The summed E-state index contributed by atoms with van der Waals surface area (Å²) in [5.41, 5.74) is 0.816. The molecule has 2 aromatic carbocycles. The summed E-state index contributed by atoms with van der Waals surface area (Å²) >= 11 is 0. The van der Waals surface area contributed by atoms with Crippen LogP contribution in [0.2, 0.25) is 0 Å². The van der Waals surface area contributed by atoms with Gasteiger partial charge in [-0.25, -0.2) is 9.59 Å². The van der Waals surface area contributed by atoms with E-state index in [4.69, 9.17) is 14.2 Å². The van der Waals surface area contributed by atoms with E-state index in [0.29, 0.717) is 17.9 Å². The number of amides is 1. The van der Waals surface area contributed by atoms with Gasteiger partial charge in [-0.2, -0.15) is 0 Å². The molecule has 0 aliphatic heterocycles. The highest BCUT2D eigenvalue weighted by atomic mass is 16.6. The second kappa shape index (κ2) is 10.6. The van der Waals surface area contributed by atoms with Gasteiger partial charge in [-0.15, -0.1) is 0 Å². The van der Waals surface area contributed by atoms with Gasteiger partial charge in [0.1, 0.15) is 18.0 Å². The van der Waals surface area contributed by atoms with Crippen LogP contribution in [0.25, 0.3) is 0 Å². The van der Waals surface area contributed by atoms with Gasteiger partial charge in [0, 0.05) is 0 Å². The van der Waals surface area contributed by atoms with E-state index >= 15 is 0 Å². The van der Waals surface area contributed by atoms with Crippen LogP contribution in [0, 0.1) is 0 Å². The number of aliphatic hydroxyl groups is 1. The fraction of sp³-hybridized carbons (Fsp3) is 0.391. The number of ether oxygens (including phenoxy) is 3. The molecule has 0 aliphatic rings. The van der Waals surface area contributed by atoms with Crippen LogP contribution in [0.4, 0.5) is 4.79 Å². The molecule has 2 rings (SSSR count). The lowest BCUT2D eigenvalue weighted by atomic mass is 10.0. The molecule has 0 aliphatic carbocycles. The minimum atomic E-state index is -1.59. The summed E-state index contributed by atoms with van der Waals surface area (Å²) in [4.78, 5) is 24.3. The van der Waals surface area contributed by atoms with Crippen LogP contribution in [0.15, 0.2) is 54.6 Å². The molecule has 0 fully saturated rings. The van der Waals surface area contributed by atoms with Crippen molar-refractivity contribution < 1.29 is 28.9 Å². The first-order chi connectivity index (χ1) is 14.2. The van der Waals surface area contributed by atoms with Crippen molar-refractivity contribution in [2.24, 2.45) is 0 Å². The van der Waals surface area contributed by atoms with Crippen LogP contribution in [0.3, 0.4) is 0 Å². The Hall–Kier alpha value is -3.06. The van der Waals surface area contributed by atoms with Crippen molar-refractivity contribution in [1.82, 2.24) is 5.32 Å². The number of nitrogens with one attached hydrogen (secondary N) is 1. The predicted molar refractivity (Wildman–Crippen MR) is 112 cm³/mol. The van der Waals surface area contributed by atoms with E-state index < -0.39 is 29.8 Å². The van der Waals surface area contributed by atoms with Crippen molar-refractivity contribution in [3.63, 3.8) is 0 Å². The fourth-order valence-corrected chi connectivity index (χ4v) is 2.66. The Morgan fingerprint density at radius 1 is 1.03 bits per heavy atom. The summed E-state index contributed by atoms with van der Waals surface area (Å²) in [5.74, 6) is -0.216. The molecule has 0 radical (unpaired) electrons. The normalized spacial score (nSPS) is 13.1. The molecule has 2 N–H and O–H groups in total. The van der Waals surface area contributed by atoms with E-state index in [1.54, 1.807) is 52.0 Å². The summed E-state index contributed by atoms with van der Waals surface area (Å²) in [6.45, 7) is 7.33. The standard InChI is InChI=1S/C23H29NO6/c1-5-28-21(26)20(25)19(24-22(27)30-23(2,3)4)17-11-13-18(14-12-17)29-15-16-9-7-6-8-10-16/h6-14,19-20,25H,5,15H2,1-4H3,(H,24,27). The second-order valence-electron chi connectivity index (χ2n) is 7.66. The molecule has 0 spiro atoms. The Balaban J connectivity index is 2.13. The summed E-state index contributed by atoms with van der Waals surface area (Å²) in [5, 5.41) is 13.0. The molecule has 7 heteroatoms. The summed E-state index contributed by atoms with van der Waals surface area (Å²) in [6, 6.07) is 15.5. The summed E-state index contributed by atoms with van der Waals surface area (Å²) in [6.07, 6.45) is -2.34. The van der Waals surface area contributed by atoms with Crippen LogP contribution in [0.5, 0.6) is 5.75 Å². The monoisotopic (exact) mass is 415 g/mol. The highest BCUT2D eigenvalue weighted by Crippen LogP contribution is 2.23. The zero-order valence-electron chi connectivity index (χ0n) is 17.8. The molecule has 7 nitrogen and oxygen atoms in total. The largest absolute Gasteiger partial charge is 0.489 e. The molecule has 0 bridgehead atoms. The molecular weight excluding hydrogens is 386 g/mol. The van der Waals surface area contributed by atoms with Gasteiger partial charge in [0.05, 0.1) is 12.6 Å². The SMILES string of the molecule is CCOC(=O)C(O)C(NC(=O)OC(C)(C)C)c1ccc(OCc2ccccc2)cc1. The minimum absolute atomic E-state index is 0.112. The number of esters is 1. The van der Waals surface area contributed by atoms with Crippen molar-refractivity contribution in [2.45, 2.75) is 52.0 Å². The van der Waals surface area contributed by atoms with Gasteiger partial charge in [-0.05, 0) is 51.0 Å². The van der Waals surface area contributed by atoms with Gasteiger partial charge in [0.15, 0.2) is 6.10 Å². The van der Waals surface area contributed by atoms with Crippen LogP contribution in [-0.2, 0) is 20.9 Å². The molecule has 0 aromatic heterocycles. The van der Waals surface area contributed by atoms with Gasteiger partial charge < -0.3 is 24.6 Å². The van der Waals surface area contributed by atoms with Crippen LogP contribution >= 0.6 is 0 Å². The van der Waals surface area contributed by atoms with E-state index in [-0.39, 0.29) is 6.61 Å². The number of benzene rings is 2. The van der Waals surface area contributed by atoms with Crippen LogP contribution < -0.4 is 10.1 Å². The highest BCUT2D eigenvalue weighted by Gasteiger charge is 2.31. The zero-order chi connectivity index (χ0) is 22.1. The van der Waals surface area contributed by atoms with Gasteiger partial charge >= 0.3 is 12.1 Å². The summed E-state index contributed by atoms with van der Waals surface area (Å²) in [7, 11) is 0. The lowest BCUT2D eigenvalue weighted by Gasteiger charge is -2.26. The van der Waals surface area contributed by atoms with Gasteiger partial charge in [0.2, 0.25) is 0 Å². The zero-order valence-corrected chi connectivity index (χ0v) is 17.8. The highest BCUT2D eigenvalue weighted by molar-refractivity contribution is 5.77. The number of rotatable bonds is 8. The molecule has 2 aromatic rings. The number of hydrogen-bond acceptors (Lipinski definition) is 6. The molecule has 0 saturated heterocycles. The maximum atomic E-state index is 12.2. The Labute approximate surface area is 177 Å². The van der Waals surface area contributed by atoms with Crippen LogP contribution in [-0.4, -0.2) is 35.5 Å². The molecule has 1 amide bonds. The van der Waals surface area contributed by atoms with Gasteiger partial charge in [-0.3, -0.25) is 0 Å². The summed E-state index contributed by atoms with van der Waals surface area (Å²) < 4.78 is 15.9. The molecule has 2 unspecified atom stereocenters. The second-order valence-corrected chi connectivity index (χ2v) is 7.66. The van der Waals surface area contributed by atoms with E-state index in [9.17, 15) is 14.7 Å². The molecule has 162 valence electrons. The maximum Gasteiger partial charge on any atom is 0.408 e. The van der Waals surface area contributed by atoms with E-state index in [2.05, 4.69) is 5.32 Å². The third-order valence-corrected chi connectivity index (χ3v) is 4.00. The number of aliphatic hydroxyl groups excluding tert-OH is 1. The smallest absolute Gasteiger partial charge is 0.408 e. The number of carbonyl (C=O) groups excluding carboxylic acids is 2. The maximum absolute atomic E-state index is 12.2. The third-order valence-electron chi connectivity index (χ3n) is 4.00. The third kappa shape index (κ3) is 7.40. The lowest BCUT2D eigenvalue weighted by Crippen LogP contribution is -2.43. The lowest BCUT2D eigenvalue weighted by molar-refractivity contribution is -0.154. The average Bonchev–Trinajstić information content (AvgIpc) is 2.70. The van der Waals surface area contributed by atoms with E-state index in [1.807, 2.05) is 30.3 Å². The van der Waals surface area contributed by atoms with Crippen molar-refractivity contribution in [3.05, 3.63) is 65.7 Å². The Morgan fingerprint density at radius 3 is 2.23 bits per heavy atom. The van der Waals surface area contributed by atoms with Gasteiger partial charge in [0.25, 0.3) is 0 Å². The number of carbonyl (C=O) groups is 2. The van der Waals surface area contributed by atoms with Gasteiger partial charge in [-0.1, -0.05) is 42.5 Å². The van der Waals surface area contributed by atoms with Crippen molar-refractivity contribution in [3.8, 4) is 5.75 Å². The van der Waals surface area contributed by atoms with Crippen molar-refractivity contribution >= 4 is 12.1 Å². The first-order valence-electron chi connectivity index (χ1n) is 9.80. The Morgan fingerprint density at radius 2 is 1.67 bits per heavy atom.